The van der Waals surface area contributed by atoms with Gasteiger partial charge in [0.1, 0.15) is 20.3 Å². The predicted octanol–water partition coefficient (Wildman–Crippen LogP) is 4.70. The van der Waals surface area contributed by atoms with Crippen LogP contribution in [0.5, 0.6) is 0 Å². The van der Waals surface area contributed by atoms with Crippen molar-refractivity contribution in [2.24, 2.45) is 0 Å². The molecule has 0 unspecified atom stereocenters. The third kappa shape index (κ3) is 5.92. The Hall–Kier alpha value is -0.643. The molecule has 0 radical (unpaired) electrons. The monoisotopic (exact) mass is 394 g/mol. The number of ether oxygens (including phenoxy) is 4. The minimum Gasteiger partial charge on any atom is -0.376 e. The highest BCUT2D eigenvalue weighted by Crippen LogP contribution is 2.43. The van der Waals surface area contributed by atoms with E-state index in [2.05, 4.69) is 37.2 Å². The fourth-order valence-corrected chi connectivity index (χ4v) is 3.64. The molecule has 1 aliphatic heterocycles. The van der Waals surface area contributed by atoms with Crippen LogP contribution in [0.2, 0.25) is 19.6 Å². The molecule has 0 amide bonds. The Morgan fingerprint density at radius 3 is 1.89 bits per heavy atom. The van der Waals surface area contributed by atoms with Crippen molar-refractivity contribution >= 4 is 8.07 Å². The summed E-state index contributed by atoms with van der Waals surface area (Å²) in [5.74, 6) is 2.50. The van der Waals surface area contributed by atoms with Crippen LogP contribution in [0.25, 0.3) is 0 Å². The highest BCUT2D eigenvalue weighted by Gasteiger charge is 2.57. The standard InChI is InChI=1S/C22H38O4Si/c1-20(2,23-5)18-19(21(3,4)24-6)26-22(25-18,15-16-27(7,8)9)14-10-11-17-12-13-17/h11,18-19H,10,12-14H2,1-9H3/t18-,19-/m1/s1. The molecule has 2 aliphatic rings. The molecule has 0 spiro atoms. The molecule has 0 aromatic heterocycles. The van der Waals surface area contributed by atoms with Crippen molar-refractivity contribution in [1.82, 2.24) is 0 Å². The van der Waals surface area contributed by atoms with Gasteiger partial charge in [0.05, 0.1) is 11.2 Å². The van der Waals surface area contributed by atoms with Crippen LogP contribution >= 0.6 is 0 Å². The number of allylic oxidation sites excluding steroid dienone is 2. The molecule has 1 saturated heterocycles. The van der Waals surface area contributed by atoms with Crippen LogP contribution in [0, 0.1) is 11.5 Å². The van der Waals surface area contributed by atoms with Crippen molar-refractivity contribution in [2.75, 3.05) is 14.2 Å². The summed E-state index contributed by atoms with van der Waals surface area (Å²) in [5, 5.41) is 0. The first-order chi connectivity index (χ1) is 12.3. The first-order valence-corrected chi connectivity index (χ1v) is 13.5. The van der Waals surface area contributed by atoms with Crippen molar-refractivity contribution in [1.29, 1.82) is 0 Å². The quantitative estimate of drug-likeness (QED) is 0.356. The Labute approximate surface area is 167 Å². The third-order valence-corrected chi connectivity index (χ3v) is 6.28. The highest BCUT2D eigenvalue weighted by molar-refractivity contribution is 6.83. The third-order valence-electron chi connectivity index (χ3n) is 5.41. The van der Waals surface area contributed by atoms with Gasteiger partial charge in [-0.2, -0.15) is 0 Å². The molecule has 2 fully saturated rings. The highest BCUT2D eigenvalue weighted by atomic mass is 28.3. The minimum absolute atomic E-state index is 0.276. The second-order valence-corrected chi connectivity index (χ2v) is 14.6. The van der Waals surface area contributed by atoms with Gasteiger partial charge in [0.2, 0.25) is 5.79 Å². The van der Waals surface area contributed by atoms with E-state index in [4.69, 9.17) is 18.9 Å². The van der Waals surface area contributed by atoms with E-state index in [0.29, 0.717) is 0 Å². The molecular formula is C22H38O4Si. The first kappa shape index (κ1) is 22.6. The summed E-state index contributed by atoms with van der Waals surface area (Å²) in [6.45, 7) is 14.9. The van der Waals surface area contributed by atoms with E-state index in [9.17, 15) is 0 Å². The Bertz CT molecular complexity index is 588. The zero-order valence-corrected chi connectivity index (χ0v) is 19.7. The molecule has 0 N–H and O–H groups in total. The van der Waals surface area contributed by atoms with E-state index >= 15 is 0 Å². The molecule has 0 bridgehead atoms. The van der Waals surface area contributed by atoms with E-state index in [1.54, 1.807) is 14.2 Å². The van der Waals surface area contributed by atoms with Crippen molar-refractivity contribution in [2.45, 2.75) is 102 Å². The zero-order chi connectivity index (χ0) is 20.5. The second-order valence-electron chi connectivity index (χ2n) is 9.85. The van der Waals surface area contributed by atoms with Crippen LogP contribution in [0.1, 0.15) is 53.4 Å². The Balaban J connectivity index is 2.38. The Kier molecular flexibility index (Phi) is 6.71. The van der Waals surface area contributed by atoms with Gasteiger partial charge < -0.3 is 18.9 Å². The molecular weight excluding hydrogens is 356 g/mol. The first-order valence-electron chi connectivity index (χ1n) is 10.0. The predicted molar refractivity (Wildman–Crippen MR) is 112 cm³/mol. The molecule has 1 aliphatic carbocycles. The lowest BCUT2D eigenvalue weighted by Gasteiger charge is -2.38. The van der Waals surface area contributed by atoms with Gasteiger partial charge >= 0.3 is 0 Å². The van der Waals surface area contributed by atoms with E-state index in [-0.39, 0.29) is 12.2 Å². The topological polar surface area (TPSA) is 36.9 Å². The minimum atomic E-state index is -1.57. The second kappa shape index (κ2) is 8.00. The number of rotatable bonds is 7. The summed E-state index contributed by atoms with van der Waals surface area (Å²) in [6.07, 6.45) is 5.86. The zero-order valence-electron chi connectivity index (χ0n) is 18.7. The molecule has 4 nitrogen and oxygen atoms in total. The molecule has 0 aromatic rings. The van der Waals surface area contributed by atoms with E-state index in [0.717, 1.165) is 12.8 Å². The number of methoxy groups -OCH3 is 2. The van der Waals surface area contributed by atoms with Crippen molar-refractivity contribution in [3.05, 3.63) is 11.6 Å². The Morgan fingerprint density at radius 1 is 1.04 bits per heavy atom. The van der Waals surface area contributed by atoms with Gasteiger partial charge in [-0.05, 0) is 52.9 Å². The van der Waals surface area contributed by atoms with E-state index < -0.39 is 25.1 Å². The van der Waals surface area contributed by atoms with Gasteiger partial charge in [-0.1, -0.05) is 31.3 Å². The van der Waals surface area contributed by atoms with Crippen molar-refractivity contribution < 1.29 is 18.9 Å². The summed E-state index contributed by atoms with van der Waals surface area (Å²) in [5.41, 5.74) is 3.97. The number of hydrogen-bond donors (Lipinski definition) is 0. The van der Waals surface area contributed by atoms with Gasteiger partial charge in [-0.15, -0.1) is 5.54 Å². The Morgan fingerprint density at radius 2 is 1.52 bits per heavy atom. The van der Waals surface area contributed by atoms with Crippen LogP contribution in [0.15, 0.2) is 11.6 Å². The van der Waals surface area contributed by atoms with Crippen LogP contribution in [0.3, 0.4) is 0 Å². The van der Waals surface area contributed by atoms with E-state index in [1.165, 1.54) is 18.4 Å². The van der Waals surface area contributed by atoms with Crippen molar-refractivity contribution in [3.63, 3.8) is 0 Å². The van der Waals surface area contributed by atoms with Crippen LogP contribution in [0.4, 0.5) is 0 Å². The molecule has 1 saturated carbocycles. The summed E-state index contributed by atoms with van der Waals surface area (Å²) >= 11 is 0. The van der Waals surface area contributed by atoms with Gasteiger partial charge in [0, 0.05) is 20.6 Å². The van der Waals surface area contributed by atoms with Crippen LogP contribution in [-0.4, -0.2) is 51.5 Å². The molecule has 0 aromatic carbocycles. The molecule has 2 atom stereocenters. The summed E-state index contributed by atoms with van der Waals surface area (Å²) in [6, 6.07) is 0. The molecule has 1 heterocycles. The summed E-state index contributed by atoms with van der Waals surface area (Å²) in [4.78, 5) is 0. The lowest BCUT2D eigenvalue weighted by atomic mass is 9.87. The van der Waals surface area contributed by atoms with Crippen LogP contribution < -0.4 is 0 Å². The van der Waals surface area contributed by atoms with Gasteiger partial charge in [0.25, 0.3) is 0 Å². The average molecular weight is 395 g/mol. The number of hydrogen-bond acceptors (Lipinski definition) is 4. The maximum atomic E-state index is 6.60. The molecule has 5 heteroatoms. The largest absolute Gasteiger partial charge is 0.376 e. The average Bonchev–Trinajstić information content (AvgIpc) is 3.31. The normalized spacial score (nSPS) is 25.1. The smallest absolute Gasteiger partial charge is 0.234 e. The van der Waals surface area contributed by atoms with Gasteiger partial charge in [-0.25, -0.2) is 0 Å². The fraction of sp³-hybridized carbons (Fsp3) is 0.818. The summed E-state index contributed by atoms with van der Waals surface area (Å²) < 4.78 is 24.7. The molecule has 2 rings (SSSR count). The van der Waals surface area contributed by atoms with Crippen molar-refractivity contribution in [3.8, 4) is 11.5 Å². The maximum Gasteiger partial charge on any atom is 0.234 e. The molecule has 154 valence electrons. The molecule has 27 heavy (non-hydrogen) atoms. The lowest BCUT2D eigenvalue weighted by molar-refractivity contribution is -0.164. The van der Waals surface area contributed by atoms with Gasteiger partial charge in [0.15, 0.2) is 0 Å². The van der Waals surface area contributed by atoms with Gasteiger partial charge in [-0.3, -0.25) is 0 Å². The van der Waals surface area contributed by atoms with Crippen LogP contribution in [-0.2, 0) is 18.9 Å². The summed E-state index contributed by atoms with van der Waals surface area (Å²) in [7, 11) is 1.86. The lowest BCUT2D eigenvalue weighted by Crippen LogP contribution is -2.53. The SMILES string of the molecule is COC(C)(C)[C@@H]1OC(C#C[Si](C)(C)C)(CCC=C2CC2)O[C@H]1C(C)(C)OC. The van der Waals surface area contributed by atoms with E-state index in [1.807, 2.05) is 27.7 Å². The fourth-order valence-electron chi connectivity index (χ4n) is 3.07. The maximum absolute atomic E-state index is 6.60.